The predicted octanol–water partition coefficient (Wildman–Crippen LogP) is 2.43. The molecule has 0 amide bonds. The van der Waals surface area contributed by atoms with Crippen LogP contribution in [0.4, 0.5) is 5.82 Å². The van der Waals surface area contributed by atoms with Crippen molar-refractivity contribution >= 4 is 5.82 Å². The predicted molar refractivity (Wildman–Crippen MR) is 92.2 cm³/mol. The fourth-order valence-corrected chi connectivity index (χ4v) is 3.39. The minimum absolute atomic E-state index is 0.0307. The molecule has 1 aliphatic carbocycles. The maximum absolute atomic E-state index is 9.03. The summed E-state index contributed by atoms with van der Waals surface area (Å²) < 4.78 is 6.14. The van der Waals surface area contributed by atoms with E-state index in [1.54, 1.807) is 12.1 Å². The minimum Gasteiger partial charge on any atom is -0.484 e. The fourth-order valence-electron chi connectivity index (χ4n) is 3.39. The summed E-state index contributed by atoms with van der Waals surface area (Å²) >= 11 is 0. The largest absolute Gasteiger partial charge is 0.484 e. The molecule has 1 aromatic heterocycles. The van der Waals surface area contributed by atoms with Crippen molar-refractivity contribution in [1.29, 1.82) is 5.26 Å². The number of aryl methyl sites for hydroxylation is 1. The fraction of sp³-hybridized carbons (Fsp3) is 0.368. The van der Waals surface area contributed by atoms with Crippen molar-refractivity contribution in [3.05, 3.63) is 53.2 Å². The van der Waals surface area contributed by atoms with Crippen molar-refractivity contribution < 1.29 is 4.74 Å². The topological polar surface area (TPSA) is 61.2 Å². The summed E-state index contributed by atoms with van der Waals surface area (Å²) in [6.07, 6.45) is 1.90. The van der Waals surface area contributed by atoms with Gasteiger partial charge in [-0.2, -0.15) is 5.26 Å². The molecule has 1 fully saturated rings. The second-order valence-electron chi connectivity index (χ2n) is 6.24. The molecule has 5 heteroatoms. The van der Waals surface area contributed by atoms with Gasteiger partial charge in [0.25, 0.3) is 0 Å². The summed E-state index contributed by atoms with van der Waals surface area (Å²) in [5.41, 5.74) is 2.94. The summed E-state index contributed by atoms with van der Waals surface area (Å²) in [4.78, 5) is 7.23. The van der Waals surface area contributed by atoms with Crippen molar-refractivity contribution in [3.63, 3.8) is 0 Å². The first-order valence-corrected chi connectivity index (χ1v) is 8.46. The Kier molecular flexibility index (Phi) is 4.06. The van der Waals surface area contributed by atoms with Gasteiger partial charge in [-0.1, -0.05) is 12.1 Å². The molecule has 2 heterocycles. The average Bonchev–Trinajstić information content (AvgIpc) is 3.05. The molecule has 1 saturated heterocycles. The zero-order valence-corrected chi connectivity index (χ0v) is 13.5. The molecule has 0 spiro atoms. The highest BCUT2D eigenvalue weighted by atomic mass is 16.5. The normalized spacial score (nSPS) is 19.6. The van der Waals surface area contributed by atoms with Crippen molar-refractivity contribution in [2.45, 2.75) is 18.9 Å². The third kappa shape index (κ3) is 2.93. The Bertz CT molecular complexity index is 777. The third-order valence-corrected chi connectivity index (χ3v) is 4.66. The molecule has 2 aliphatic rings. The number of benzene rings is 1. The molecule has 1 aliphatic heterocycles. The first kappa shape index (κ1) is 15.0. The smallest absolute Gasteiger partial charge is 0.141 e. The lowest BCUT2D eigenvalue weighted by molar-refractivity contribution is 0.203. The van der Waals surface area contributed by atoms with Gasteiger partial charge < -0.3 is 15.0 Å². The van der Waals surface area contributed by atoms with Gasteiger partial charge in [0.2, 0.25) is 0 Å². The lowest BCUT2D eigenvalue weighted by Gasteiger charge is -2.29. The van der Waals surface area contributed by atoms with Gasteiger partial charge in [0.1, 0.15) is 17.7 Å². The standard InChI is InChI=1S/C19H20N4O/c20-13-14-2-1-3-16(12-14)24-17-6-4-15-5-7-18(22-19(15)17)23-10-8-21-9-11-23/h1-3,5,7,12,17,21H,4,6,8-11H2/t17-/m1/s1. The number of piperazine rings is 1. The molecule has 24 heavy (non-hydrogen) atoms. The highest BCUT2D eigenvalue weighted by molar-refractivity contribution is 5.45. The van der Waals surface area contributed by atoms with Crippen LogP contribution in [0.1, 0.15) is 29.3 Å². The third-order valence-electron chi connectivity index (χ3n) is 4.66. The maximum atomic E-state index is 9.03. The van der Waals surface area contributed by atoms with Gasteiger partial charge in [0.05, 0.1) is 17.3 Å². The van der Waals surface area contributed by atoms with E-state index in [2.05, 4.69) is 28.4 Å². The van der Waals surface area contributed by atoms with Crippen molar-refractivity contribution in [3.8, 4) is 11.8 Å². The number of hydrogen-bond donors (Lipinski definition) is 1. The number of rotatable bonds is 3. The highest BCUT2D eigenvalue weighted by Crippen LogP contribution is 2.35. The first-order chi connectivity index (χ1) is 11.8. The van der Waals surface area contributed by atoms with Crippen molar-refractivity contribution in [1.82, 2.24) is 10.3 Å². The Morgan fingerprint density at radius 2 is 2.08 bits per heavy atom. The Hall–Kier alpha value is -2.58. The Balaban J connectivity index is 1.57. The van der Waals surface area contributed by atoms with E-state index in [4.69, 9.17) is 15.0 Å². The minimum atomic E-state index is -0.0307. The number of nitriles is 1. The van der Waals surface area contributed by atoms with Crippen LogP contribution in [0.3, 0.4) is 0 Å². The second-order valence-corrected chi connectivity index (χ2v) is 6.24. The molecule has 5 nitrogen and oxygen atoms in total. The molecule has 0 bridgehead atoms. The van der Waals surface area contributed by atoms with Gasteiger partial charge in [0.15, 0.2) is 0 Å². The summed E-state index contributed by atoms with van der Waals surface area (Å²) in [7, 11) is 0. The number of hydrogen-bond acceptors (Lipinski definition) is 5. The number of fused-ring (bicyclic) bond motifs is 1. The van der Waals surface area contributed by atoms with Crippen LogP contribution in [-0.2, 0) is 6.42 Å². The molecular formula is C19H20N4O. The molecule has 2 aromatic rings. The number of aromatic nitrogens is 1. The van der Waals surface area contributed by atoms with Crippen LogP contribution in [0.25, 0.3) is 0 Å². The Morgan fingerprint density at radius 3 is 2.92 bits per heavy atom. The molecule has 1 N–H and O–H groups in total. The van der Waals surface area contributed by atoms with Crippen LogP contribution in [0.5, 0.6) is 5.75 Å². The lowest BCUT2D eigenvalue weighted by Crippen LogP contribution is -2.44. The van der Waals surface area contributed by atoms with Crippen LogP contribution in [-0.4, -0.2) is 31.2 Å². The molecule has 122 valence electrons. The van der Waals surface area contributed by atoms with E-state index in [1.165, 1.54) is 5.56 Å². The van der Waals surface area contributed by atoms with E-state index >= 15 is 0 Å². The maximum Gasteiger partial charge on any atom is 0.141 e. The van der Waals surface area contributed by atoms with E-state index in [1.807, 2.05) is 12.1 Å². The quantitative estimate of drug-likeness (QED) is 0.941. The van der Waals surface area contributed by atoms with Gasteiger partial charge >= 0.3 is 0 Å². The number of anilines is 1. The van der Waals surface area contributed by atoms with E-state index in [9.17, 15) is 0 Å². The number of nitrogens with one attached hydrogen (secondary N) is 1. The molecule has 0 radical (unpaired) electrons. The monoisotopic (exact) mass is 320 g/mol. The van der Waals surface area contributed by atoms with Crippen LogP contribution < -0.4 is 15.0 Å². The first-order valence-electron chi connectivity index (χ1n) is 8.46. The molecule has 4 rings (SSSR count). The average molecular weight is 320 g/mol. The molecule has 1 aromatic carbocycles. The van der Waals surface area contributed by atoms with E-state index in [0.717, 1.165) is 56.3 Å². The van der Waals surface area contributed by atoms with Crippen LogP contribution in [0.2, 0.25) is 0 Å². The summed E-state index contributed by atoms with van der Waals surface area (Å²) in [5.74, 6) is 1.78. The van der Waals surface area contributed by atoms with Gasteiger partial charge in [-0.3, -0.25) is 0 Å². The Morgan fingerprint density at radius 1 is 1.21 bits per heavy atom. The van der Waals surface area contributed by atoms with E-state index < -0.39 is 0 Å². The van der Waals surface area contributed by atoms with Crippen LogP contribution in [0.15, 0.2) is 36.4 Å². The zero-order chi connectivity index (χ0) is 16.4. The molecule has 0 unspecified atom stereocenters. The van der Waals surface area contributed by atoms with Crippen LogP contribution in [0, 0.1) is 11.3 Å². The van der Waals surface area contributed by atoms with Gasteiger partial charge in [-0.05, 0) is 42.7 Å². The van der Waals surface area contributed by atoms with E-state index in [-0.39, 0.29) is 6.10 Å². The molecule has 1 atom stereocenters. The SMILES string of the molecule is N#Cc1cccc(O[C@@H]2CCc3ccc(N4CCNCC4)nc32)c1. The van der Waals surface area contributed by atoms with Crippen molar-refractivity contribution in [2.75, 3.05) is 31.1 Å². The number of ether oxygens (including phenoxy) is 1. The summed E-state index contributed by atoms with van der Waals surface area (Å²) in [6, 6.07) is 13.8. The highest BCUT2D eigenvalue weighted by Gasteiger charge is 2.27. The van der Waals surface area contributed by atoms with Gasteiger partial charge in [-0.15, -0.1) is 0 Å². The zero-order valence-electron chi connectivity index (χ0n) is 13.5. The van der Waals surface area contributed by atoms with Crippen molar-refractivity contribution in [2.24, 2.45) is 0 Å². The Labute approximate surface area is 141 Å². The lowest BCUT2D eigenvalue weighted by atomic mass is 10.2. The van der Waals surface area contributed by atoms with Crippen LogP contribution >= 0.6 is 0 Å². The summed E-state index contributed by atoms with van der Waals surface area (Å²) in [5, 5.41) is 12.4. The second kappa shape index (κ2) is 6.50. The van der Waals surface area contributed by atoms with Gasteiger partial charge in [-0.25, -0.2) is 4.98 Å². The molecule has 0 saturated carbocycles. The number of pyridine rings is 1. The number of nitrogens with zero attached hydrogens (tertiary/aromatic N) is 3. The van der Waals surface area contributed by atoms with E-state index in [0.29, 0.717) is 5.56 Å². The van der Waals surface area contributed by atoms with Gasteiger partial charge in [0, 0.05) is 26.2 Å². The summed E-state index contributed by atoms with van der Waals surface area (Å²) in [6.45, 7) is 3.97. The molecular weight excluding hydrogens is 300 g/mol.